The van der Waals surface area contributed by atoms with Gasteiger partial charge >= 0.3 is 0 Å². The Hall–Kier alpha value is -1.26. The number of anilines is 1. The summed E-state index contributed by atoms with van der Waals surface area (Å²) < 4.78 is 4.86. The van der Waals surface area contributed by atoms with Gasteiger partial charge in [-0.1, -0.05) is 23.2 Å². The first-order chi connectivity index (χ1) is 6.66. The van der Waals surface area contributed by atoms with E-state index in [-0.39, 0.29) is 11.8 Å². The van der Waals surface area contributed by atoms with Crippen LogP contribution in [0.1, 0.15) is 0 Å². The predicted octanol–water partition coefficient (Wildman–Crippen LogP) is 2.63. The SMILES string of the molecule is Nc1noc(-c2ccc(Cl)cc2Cl)n1. The lowest BCUT2D eigenvalue weighted by atomic mass is 10.2. The van der Waals surface area contributed by atoms with Crippen LogP contribution in [0.25, 0.3) is 11.5 Å². The fraction of sp³-hybridized carbons (Fsp3) is 0. The molecule has 0 aliphatic carbocycles. The highest BCUT2D eigenvalue weighted by Gasteiger charge is 2.10. The molecule has 6 heteroatoms. The molecule has 1 heterocycles. The van der Waals surface area contributed by atoms with E-state index in [1.165, 1.54) is 0 Å². The summed E-state index contributed by atoms with van der Waals surface area (Å²) in [4.78, 5) is 3.84. The highest BCUT2D eigenvalue weighted by molar-refractivity contribution is 6.36. The van der Waals surface area contributed by atoms with Crippen molar-refractivity contribution in [2.45, 2.75) is 0 Å². The van der Waals surface area contributed by atoms with E-state index in [4.69, 9.17) is 33.5 Å². The summed E-state index contributed by atoms with van der Waals surface area (Å²) in [5.74, 6) is 0.357. The van der Waals surface area contributed by atoms with Crippen LogP contribution in [0.15, 0.2) is 22.7 Å². The fourth-order valence-corrected chi connectivity index (χ4v) is 1.50. The summed E-state index contributed by atoms with van der Waals surface area (Å²) in [6.07, 6.45) is 0. The van der Waals surface area contributed by atoms with Crippen LogP contribution in [-0.4, -0.2) is 10.1 Å². The third kappa shape index (κ3) is 1.66. The summed E-state index contributed by atoms with van der Waals surface area (Å²) in [6.45, 7) is 0. The Morgan fingerprint density at radius 1 is 1.29 bits per heavy atom. The van der Waals surface area contributed by atoms with Crippen molar-refractivity contribution in [2.75, 3.05) is 5.73 Å². The van der Waals surface area contributed by atoms with Gasteiger partial charge in [-0.3, -0.25) is 0 Å². The Kier molecular flexibility index (Phi) is 2.31. The molecule has 0 aliphatic heterocycles. The number of nitrogens with two attached hydrogens (primary N) is 1. The standard InChI is InChI=1S/C8H5Cl2N3O/c9-4-1-2-5(6(10)3-4)7-12-8(11)13-14-7/h1-3H,(H2,11,13). The zero-order chi connectivity index (χ0) is 10.1. The lowest BCUT2D eigenvalue weighted by Gasteiger charge is -1.97. The number of aromatic nitrogens is 2. The predicted molar refractivity (Wildman–Crippen MR) is 54.2 cm³/mol. The van der Waals surface area contributed by atoms with Gasteiger partial charge in [0.2, 0.25) is 0 Å². The van der Waals surface area contributed by atoms with Gasteiger partial charge < -0.3 is 10.3 Å². The molecule has 0 unspecified atom stereocenters. The summed E-state index contributed by atoms with van der Waals surface area (Å²) in [5.41, 5.74) is 5.92. The molecule has 0 amide bonds. The molecule has 0 bridgehead atoms. The molecular weight excluding hydrogens is 225 g/mol. The average Bonchev–Trinajstić information content (AvgIpc) is 2.51. The minimum atomic E-state index is 0.0750. The highest BCUT2D eigenvalue weighted by atomic mass is 35.5. The molecule has 2 N–H and O–H groups in total. The number of halogens is 2. The number of hydrogen-bond acceptors (Lipinski definition) is 4. The molecule has 2 aromatic rings. The molecule has 0 saturated heterocycles. The number of benzene rings is 1. The molecular formula is C8H5Cl2N3O. The number of hydrogen-bond donors (Lipinski definition) is 1. The van der Waals surface area contributed by atoms with Gasteiger partial charge in [-0.2, -0.15) is 4.98 Å². The van der Waals surface area contributed by atoms with Gasteiger partial charge in [0.1, 0.15) is 0 Å². The second-order valence-corrected chi connectivity index (χ2v) is 3.43. The Bertz CT molecular complexity index is 469. The van der Waals surface area contributed by atoms with Crippen LogP contribution in [0.3, 0.4) is 0 Å². The van der Waals surface area contributed by atoms with Crippen molar-refractivity contribution in [2.24, 2.45) is 0 Å². The molecule has 14 heavy (non-hydrogen) atoms. The molecule has 72 valence electrons. The third-order valence-electron chi connectivity index (χ3n) is 1.60. The lowest BCUT2D eigenvalue weighted by Crippen LogP contribution is -1.85. The normalized spacial score (nSPS) is 10.4. The summed E-state index contributed by atoms with van der Waals surface area (Å²) >= 11 is 11.7. The smallest absolute Gasteiger partial charge is 0.261 e. The van der Waals surface area contributed by atoms with Gasteiger partial charge in [0.15, 0.2) is 0 Å². The Labute approximate surface area is 89.6 Å². The molecule has 2 rings (SSSR count). The summed E-state index contributed by atoms with van der Waals surface area (Å²) in [7, 11) is 0. The van der Waals surface area contributed by atoms with Crippen LogP contribution < -0.4 is 5.73 Å². The van der Waals surface area contributed by atoms with Crippen LogP contribution in [0, 0.1) is 0 Å². The zero-order valence-electron chi connectivity index (χ0n) is 6.87. The Morgan fingerprint density at radius 2 is 2.07 bits per heavy atom. The fourth-order valence-electron chi connectivity index (χ4n) is 1.01. The van der Waals surface area contributed by atoms with Crippen molar-refractivity contribution in [3.05, 3.63) is 28.2 Å². The maximum absolute atomic E-state index is 5.92. The number of nitrogens with zero attached hydrogens (tertiary/aromatic N) is 2. The molecule has 1 aromatic carbocycles. The monoisotopic (exact) mass is 229 g/mol. The van der Waals surface area contributed by atoms with Crippen molar-refractivity contribution in [3.63, 3.8) is 0 Å². The van der Waals surface area contributed by atoms with Crippen molar-refractivity contribution in [3.8, 4) is 11.5 Å². The zero-order valence-corrected chi connectivity index (χ0v) is 8.38. The van der Waals surface area contributed by atoms with Crippen molar-refractivity contribution < 1.29 is 4.52 Å². The van der Waals surface area contributed by atoms with Crippen molar-refractivity contribution in [1.29, 1.82) is 0 Å². The van der Waals surface area contributed by atoms with E-state index in [9.17, 15) is 0 Å². The van der Waals surface area contributed by atoms with Crippen LogP contribution in [-0.2, 0) is 0 Å². The lowest BCUT2D eigenvalue weighted by molar-refractivity contribution is 0.433. The Morgan fingerprint density at radius 3 is 2.64 bits per heavy atom. The van der Waals surface area contributed by atoms with E-state index in [0.29, 0.717) is 15.6 Å². The highest BCUT2D eigenvalue weighted by Crippen LogP contribution is 2.29. The largest absolute Gasteiger partial charge is 0.365 e. The molecule has 0 spiro atoms. The van der Waals surface area contributed by atoms with E-state index in [2.05, 4.69) is 10.1 Å². The first-order valence-corrected chi connectivity index (χ1v) is 4.47. The molecule has 0 aliphatic rings. The maximum Gasteiger partial charge on any atom is 0.261 e. The van der Waals surface area contributed by atoms with Gasteiger partial charge in [0.25, 0.3) is 11.8 Å². The van der Waals surface area contributed by atoms with Gasteiger partial charge in [0, 0.05) is 5.02 Å². The second kappa shape index (κ2) is 3.48. The minimum absolute atomic E-state index is 0.0750. The molecule has 4 nitrogen and oxygen atoms in total. The minimum Gasteiger partial charge on any atom is -0.365 e. The summed E-state index contributed by atoms with van der Waals surface area (Å²) in [5, 5.41) is 4.45. The van der Waals surface area contributed by atoms with Crippen LogP contribution in [0.2, 0.25) is 10.0 Å². The molecule has 0 saturated carbocycles. The van der Waals surface area contributed by atoms with Gasteiger partial charge in [0.05, 0.1) is 10.6 Å². The van der Waals surface area contributed by atoms with Crippen molar-refractivity contribution in [1.82, 2.24) is 10.1 Å². The molecule has 0 fully saturated rings. The number of nitrogen functional groups attached to an aromatic ring is 1. The van der Waals surface area contributed by atoms with Crippen molar-refractivity contribution >= 4 is 29.2 Å². The van der Waals surface area contributed by atoms with E-state index >= 15 is 0 Å². The number of rotatable bonds is 1. The first-order valence-electron chi connectivity index (χ1n) is 3.71. The maximum atomic E-state index is 5.92. The molecule has 0 atom stereocenters. The van der Waals surface area contributed by atoms with Crippen LogP contribution in [0.5, 0.6) is 0 Å². The second-order valence-electron chi connectivity index (χ2n) is 2.58. The van der Waals surface area contributed by atoms with Crippen LogP contribution >= 0.6 is 23.2 Å². The first kappa shape index (κ1) is 9.30. The van der Waals surface area contributed by atoms with Gasteiger partial charge in [-0.05, 0) is 23.4 Å². The molecule has 1 aromatic heterocycles. The summed E-state index contributed by atoms with van der Waals surface area (Å²) in [6, 6.07) is 4.97. The van der Waals surface area contributed by atoms with Gasteiger partial charge in [-0.25, -0.2) is 0 Å². The van der Waals surface area contributed by atoms with E-state index in [1.807, 2.05) is 0 Å². The average molecular weight is 230 g/mol. The quantitative estimate of drug-likeness (QED) is 0.817. The van der Waals surface area contributed by atoms with E-state index < -0.39 is 0 Å². The third-order valence-corrected chi connectivity index (χ3v) is 2.15. The van der Waals surface area contributed by atoms with E-state index in [0.717, 1.165) is 0 Å². The van der Waals surface area contributed by atoms with E-state index in [1.54, 1.807) is 18.2 Å². The molecule has 0 radical (unpaired) electrons. The van der Waals surface area contributed by atoms with Gasteiger partial charge in [-0.15, -0.1) is 0 Å². The Balaban J connectivity index is 2.52. The van der Waals surface area contributed by atoms with Crippen LogP contribution in [0.4, 0.5) is 5.95 Å². The topological polar surface area (TPSA) is 64.9 Å².